The minimum absolute atomic E-state index is 0.346. The van der Waals surface area contributed by atoms with Gasteiger partial charge in [-0.3, -0.25) is 0 Å². The largest absolute Gasteiger partial charge is 0.330 e. The fraction of sp³-hybridized carbons (Fsp3) is 0.538. The van der Waals surface area contributed by atoms with Gasteiger partial charge < -0.3 is 4.90 Å². The fourth-order valence-electron chi connectivity index (χ4n) is 3.11. The van der Waals surface area contributed by atoms with Crippen LogP contribution >= 0.6 is 11.6 Å². The Hall–Kier alpha value is -0.620. The van der Waals surface area contributed by atoms with Gasteiger partial charge in [-0.2, -0.15) is 4.31 Å². The molecule has 4 nitrogen and oxygen atoms in total. The first kappa shape index (κ1) is 13.4. The van der Waals surface area contributed by atoms with E-state index in [0.29, 0.717) is 29.0 Å². The van der Waals surface area contributed by atoms with E-state index in [1.165, 1.54) is 13.0 Å². The minimum atomic E-state index is -3.36. The molecule has 104 valence electrons. The number of piperazine rings is 1. The van der Waals surface area contributed by atoms with Gasteiger partial charge in [0.2, 0.25) is 10.0 Å². The highest BCUT2D eigenvalue weighted by Crippen LogP contribution is 2.20. The summed E-state index contributed by atoms with van der Waals surface area (Å²) in [5.74, 6) is 0. The topological polar surface area (TPSA) is 41.8 Å². The summed E-state index contributed by atoms with van der Waals surface area (Å²) >= 11 is 5.81. The molecule has 6 heteroatoms. The highest BCUT2D eigenvalue weighted by atomic mass is 35.5. The van der Waals surface area contributed by atoms with Crippen molar-refractivity contribution < 1.29 is 13.3 Å². The second-order valence-corrected chi connectivity index (χ2v) is 7.69. The fourth-order valence-corrected chi connectivity index (χ4v) is 4.72. The molecule has 0 aromatic heterocycles. The minimum Gasteiger partial charge on any atom is -0.330 e. The van der Waals surface area contributed by atoms with Gasteiger partial charge in [-0.05, 0) is 24.3 Å². The van der Waals surface area contributed by atoms with Gasteiger partial charge in [-0.25, -0.2) is 8.42 Å². The predicted molar refractivity (Wildman–Crippen MR) is 73.9 cm³/mol. The standard InChI is InChI=1S/C13H17ClN2O2S/c14-11-3-5-13(6-4-11)19(17,18)16-9-8-15-7-1-2-12(15)10-16/h3-6,12H,1-2,7-10H2/p+1/t12-/m1/s1. The number of nitrogens with zero attached hydrogens (tertiary/aromatic N) is 1. The summed E-state index contributed by atoms with van der Waals surface area (Å²) in [7, 11) is -3.36. The van der Waals surface area contributed by atoms with Crippen molar-refractivity contribution in [2.45, 2.75) is 23.8 Å². The van der Waals surface area contributed by atoms with Crippen LogP contribution in [-0.2, 0) is 10.0 Å². The zero-order valence-corrected chi connectivity index (χ0v) is 12.3. The molecule has 2 heterocycles. The second-order valence-electron chi connectivity index (χ2n) is 5.31. The number of benzene rings is 1. The van der Waals surface area contributed by atoms with E-state index < -0.39 is 10.0 Å². The molecule has 1 N–H and O–H groups in total. The van der Waals surface area contributed by atoms with Crippen molar-refractivity contribution in [3.05, 3.63) is 29.3 Å². The summed E-state index contributed by atoms with van der Waals surface area (Å²) in [5.41, 5.74) is 0. The quantitative estimate of drug-likeness (QED) is 0.859. The highest BCUT2D eigenvalue weighted by Gasteiger charge is 2.39. The number of quaternary nitrogens is 1. The van der Waals surface area contributed by atoms with Crippen LogP contribution in [0.4, 0.5) is 0 Å². The Morgan fingerprint density at radius 1 is 1.21 bits per heavy atom. The Morgan fingerprint density at radius 2 is 1.95 bits per heavy atom. The number of fused-ring (bicyclic) bond motifs is 1. The van der Waals surface area contributed by atoms with Crippen LogP contribution in [0.5, 0.6) is 0 Å². The maximum Gasteiger partial charge on any atom is 0.243 e. The predicted octanol–water partition coefficient (Wildman–Crippen LogP) is 0.392. The molecule has 0 spiro atoms. The van der Waals surface area contributed by atoms with Crippen molar-refractivity contribution in [3.63, 3.8) is 0 Å². The first-order valence-corrected chi connectivity index (χ1v) is 8.49. The molecule has 0 radical (unpaired) electrons. The van der Waals surface area contributed by atoms with Gasteiger partial charge in [0.25, 0.3) is 0 Å². The maximum absolute atomic E-state index is 12.6. The van der Waals surface area contributed by atoms with Crippen molar-refractivity contribution in [2.24, 2.45) is 0 Å². The average molecular weight is 302 g/mol. The van der Waals surface area contributed by atoms with Crippen molar-refractivity contribution in [1.82, 2.24) is 4.31 Å². The summed E-state index contributed by atoms with van der Waals surface area (Å²) in [6.45, 7) is 3.40. The molecule has 0 amide bonds. The lowest BCUT2D eigenvalue weighted by molar-refractivity contribution is -0.916. The molecule has 0 bridgehead atoms. The van der Waals surface area contributed by atoms with Crippen molar-refractivity contribution in [1.29, 1.82) is 0 Å². The van der Waals surface area contributed by atoms with Gasteiger partial charge in [-0.15, -0.1) is 0 Å². The monoisotopic (exact) mass is 301 g/mol. The molecule has 1 aromatic carbocycles. The van der Waals surface area contributed by atoms with Gasteiger partial charge >= 0.3 is 0 Å². The van der Waals surface area contributed by atoms with Crippen LogP contribution in [0, 0.1) is 0 Å². The molecule has 2 fully saturated rings. The first-order chi connectivity index (χ1) is 9.07. The van der Waals surface area contributed by atoms with Gasteiger partial charge in [0, 0.05) is 17.9 Å². The van der Waals surface area contributed by atoms with E-state index in [0.717, 1.165) is 13.0 Å². The van der Waals surface area contributed by atoms with Crippen LogP contribution in [0.3, 0.4) is 0 Å². The maximum atomic E-state index is 12.6. The highest BCUT2D eigenvalue weighted by molar-refractivity contribution is 7.89. The van der Waals surface area contributed by atoms with Gasteiger partial charge in [0.15, 0.2) is 0 Å². The lowest BCUT2D eigenvalue weighted by atomic mass is 10.2. The summed E-state index contributed by atoms with van der Waals surface area (Å²) < 4.78 is 26.8. The number of sulfonamides is 1. The average Bonchev–Trinajstić information content (AvgIpc) is 2.86. The van der Waals surface area contributed by atoms with E-state index in [1.54, 1.807) is 33.5 Å². The summed E-state index contributed by atoms with van der Waals surface area (Å²) in [6.07, 6.45) is 2.36. The Morgan fingerprint density at radius 3 is 2.68 bits per heavy atom. The number of nitrogens with one attached hydrogen (secondary N) is 1. The lowest BCUT2D eigenvalue weighted by Crippen LogP contribution is -3.16. The smallest absolute Gasteiger partial charge is 0.243 e. The third-order valence-corrected chi connectivity index (χ3v) is 6.32. The van der Waals surface area contributed by atoms with E-state index in [4.69, 9.17) is 11.6 Å². The lowest BCUT2D eigenvalue weighted by Gasteiger charge is -2.34. The number of hydrogen-bond donors (Lipinski definition) is 1. The van der Waals surface area contributed by atoms with E-state index in [-0.39, 0.29) is 0 Å². The third kappa shape index (κ3) is 2.52. The zero-order valence-electron chi connectivity index (χ0n) is 10.7. The third-order valence-electron chi connectivity index (χ3n) is 4.19. The molecule has 0 saturated carbocycles. The Kier molecular flexibility index (Phi) is 3.55. The van der Waals surface area contributed by atoms with E-state index in [9.17, 15) is 8.42 Å². The summed E-state index contributed by atoms with van der Waals surface area (Å²) in [6, 6.07) is 6.92. The Bertz CT molecular complexity index is 559. The first-order valence-electron chi connectivity index (χ1n) is 6.68. The normalized spacial score (nSPS) is 28.3. The Labute approximate surface area is 119 Å². The van der Waals surface area contributed by atoms with Crippen LogP contribution in [-0.4, -0.2) is 44.9 Å². The molecule has 3 rings (SSSR count). The summed E-state index contributed by atoms with van der Waals surface area (Å²) in [4.78, 5) is 1.92. The van der Waals surface area contributed by atoms with Crippen molar-refractivity contribution in [2.75, 3.05) is 26.2 Å². The summed E-state index contributed by atoms with van der Waals surface area (Å²) in [5, 5.41) is 0.559. The number of hydrogen-bond acceptors (Lipinski definition) is 2. The van der Waals surface area contributed by atoms with Crippen LogP contribution in [0.15, 0.2) is 29.2 Å². The van der Waals surface area contributed by atoms with Crippen LogP contribution in [0.1, 0.15) is 12.8 Å². The Balaban J connectivity index is 1.82. The molecule has 2 saturated heterocycles. The number of rotatable bonds is 2. The molecule has 1 aromatic rings. The van der Waals surface area contributed by atoms with Gasteiger partial charge in [0.1, 0.15) is 6.04 Å². The van der Waals surface area contributed by atoms with Crippen LogP contribution < -0.4 is 4.90 Å². The van der Waals surface area contributed by atoms with Crippen LogP contribution in [0.2, 0.25) is 5.02 Å². The molecular weight excluding hydrogens is 284 g/mol. The molecule has 0 aliphatic carbocycles. The van der Waals surface area contributed by atoms with E-state index in [2.05, 4.69) is 0 Å². The second kappa shape index (κ2) is 5.05. The number of halogens is 1. The molecule has 2 aliphatic rings. The van der Waals surface area contributed by atoms with Crippen molar-refractivity contribution >= 4 is 21.6 Å². The molecule has 19 heavy (non-hydrogen) atoms. The molecule has 1 unspecified atom stereocenters. The molecule has 2 aliphatic heterocycles. The van der Waals surface area contributed by atoms with E-state index in [1.807, 2.05) is 0 Å². The van der Waals surface area contributed by atoms with Crippen LogP contribution in [0.25, 0.3) is 0 Å². The van der Waals surface area contributed by atoms with Gasteiger partial charge in [0.05, 0.1) is 31.1 Å². The van der Waals surface area contributed by atoms with Crippen molar-refractivity contribution in [3.8, 4) is 0 Å². The molecular formula is C13H18ClN2O2S+. The van der Waals surface area contributed by atoms with Gasteiger partial charge in [-0.1, -0.05) is 11.6 Å². The van der Waals surface area contributed by atoms with E-state index >= 15 is 0 Å². The molecule has 2 atom stereocenters. The SMILES string of the molecule is O=S(=O)(c1ccc(Cl)cc1)N1CC[NH+]2CCC[C@@H]2C1. The zero-order chi connectivity index (χ0) is 13.5.